The van der Waals surface area contributed by atoms with E-state index >= 15 is 0 Å². The highest BCUT2D eigenvalue weighted by molar-refractivity contribution is 6.53. The summed E-state index contributed by atoms with van der Waals surface area (Å²) < 4.78 is -0.970. The molecule has 1 saturated carbocycles. The molecule has 1 N–H and O–H groups in total. The van der Waals surface area contributed by atoms with Crippen molar-refractivity contribution < 1.29 is 4.79 Å². The fourth-order valence-corrected chi connectivity index (χ4v) is 2.96. The van der Waals surface area contributed by atoms with Crippen LogP contribution in [0.15, 0.2) is 54.6 Å². The Bertz CT molecular complexity index is 805. The van der Waals surface area contributed by atoms with Crippen molar-refractivity contribution in [2.24, 2.45) is 5.41 Å². The Morgan fingerprint density at radius 1 is 1.04 bits per heavy atom. The number of carbonyl (C=O) groups excluding carboxylic acids is 1. The van der Waals surface area contributed by atoms with E-state index in [4.69, 9.17) is 23.2 Å². The van der Waals surface area contributed by atoms with Gasteiger partial charge in [-0.05, 0) is 43.7 Å². The van der Waals surface area contributed by atoms with Gasteiger partial charge < -0.3 is 5.32 Å². The standard InChI is InChI=1S/C19H15Cl2NO/c1-18(13-19(18,20)21)17(23)22-16-9-5-8-15(12-16)11-10-14-6-3-2-4-7-14/h2-9,12H,13H2,1H3,(H,22,23). The molecule has 1 amide bonds. The maximum atomic E-state index is 12.3. The molecule has 1 atom stereocenters. The number of carbonyl (C=O) groups is 1. The molecule has 1 fully saturated rings. The lowest BCUT2D eigenvalue weighted by Crippen LogP contribution is -2.25. The van der Waals surface area contributed by atoms with Gasteiger partial charge in [0.05, 0.1) is 5.41 Å². The number of amides is 1. The Balaban J connectivity index is 1.74. The second-order valence-corrected chi connectivity index (χ2v) is 7.35. The maximum absolute atomic E-state index is 12.3. The van der Waals surface area contributed by atoms with Crippen LogP contribution in [0.4, 0.5) is 5.69 Å². The molecule has 4 heteroatoms. The minimum atomic E-state index is -0.970. The van der Waals surface area contributed by atoms with Gasteiger partial charge in [0, 0.05) is 16.8 Å². The van der Waals surface area contributed by atoms with Crippen molar-refractivity contribution in [1.29, 1.82) is 0 Å². The van der Waals surface area contributed by atoms with Crippen molar-refractivity contribution in [3.8, 4) is 11.8 Å². The van der Waals surface area contributed by atoms with Gasteiger partial charge in [-0.15, -0.1) is 23.2 Å². The predicted molar refractivity (Wildman–Crippen MR) is 94.7 cm³/mol. The third-order valence-electron chi connectivity index (χ3n) is 4.00. The zero-order valence-electron chi connectivity index (χ0n) is 12.6. The van der Waals surface area contributed by atoms with E-state index in [-0.39, 0.29) is 5.91 Å². The van der Waals surface area contributed by atoms with Crippen LogP contribution < -0.4 is 5.32 Å². The predicted octanol–water partition coefficient (Wildman–Crippen LogP) is 4.61. The average molecular weight is 344 g/mol. The van der Waals surface area contributed by atoms with Gasteiger partial charge in [0.15, 0.2) is 0 Å². The number of hydrogen-bond donors (Lipinski definition) is 1. The molecular weight excluding hydrogens is 329 g/mol. The smallest absolute Gasteiger partial charge is 0.233 e. The molecular formula is C19H15Cl2NO. The number of nitrogens with one attached hydrogen (secondary N) is 1. The van der Waals surface area contributed by atoms with Gasteiger partial charge >= 0.3 is 0 Å². The Morgan fingerprint density at radius 3 is 2.30 bits per heavy atom. The maximum Gasteiger partial charge on any atom is 0.233 e. The molecule has 0 bridgehead atoms. The quantitative estimate of drug-likeness (QED) is 0.626. The summed E-state index contributed by atoms with van der Waals surface area (Å²) in [6.45, 7) is 1.77. The lowest BCUT2D eigenvalue weighted by atomic mass is 10.1. The molecule has 0 aromatic heterocycles. The highest BCUT2D eigenvalue weighted by atomic mass is 35.5. The number of rotatable bonds is 2. The van der Waals surface area contributed by atoms with E-state index in [1.807, 2.05) is 54.6 Å². The van der Waals surface area contributed by atoms with Gasteiger partial charge in [-0.3, -0.25) is 4.79 Å². The van der Waals surface area contributed by atoms with Crippen LogP contribution in [0.3, 0.4) is 0 Å². The molecule has 2 aromatic carbocycles. The van der Waals surface area contributed by atoms with Crippen LogP contribution in [0.1, 0.15) is 24.5 Å². The molecule has 0 saturated heterocycles. The summed E-state index contributed by atoms with van der Waals surface area (Å²) in [7, 11) is 0. The molecule has 0 radical (unpaired) electrons. The van der Waals surface area contributed by atoms with E-state index in [1.165, 1.54) is 0 Å². The van der Waals surface area contributed by atoms with Crippen LogP contribution in [0.5, 0.6) is 0 Å². The summed E-state index contributed by atoms with van der Waals surface area (Å²) in [6.07, 6.45) is 0.461. The Morgan fingerprint density at radius 2 is 1.65 bits per heavy atom. The zero-order chi connectivity index (χ0) is 16.5. The third-order valence-corrected chi connectivity index (χ3v) is 5.11. The van der Waals surface area contributed by atoms with E-state index in [9.17, 15) is 4.79 Å². The van der Waals surface area contributed by atoms with Crippen LogP contribution >= 0.6 is 23.2 Å². The molecule has 1 aliphatic rings. The fourth-order valence-electron chi connectivity index (χ4n) is 2.26. The number of hydrogen-bond acceptors (Lipinski definition) is 1. The van der Waals surface area contributed by atoms with E-state index in [1.54, 1.807) is 6.92 Å². The second kappa shape index (κ2) is 5.92. The summed E-state index contributed by atoms with van der Waals surface area (Å²) in [5.41, 5.74) is 1.73. The largest absolute Gasteiger partial charge is 0.325 e. The number of halogens is 2. The van der Waals surface area contributed by atoms with Crippen molar-refractivity contribution in [3.05, 3.63) is 65.7 Å². The molecule has 3 rings (SSSR count). The van der Waals surface area contributed by atoms with Crippen LogP contribution in [0, 0.1) is 17.3 Å². The summed E-state index contributed by atoms with van der Waals surface area (Å²) in [5.74, 6) is 6.01. The minimum absolute atomic E-state index is 0.171. The molecule has 0 heterocycles. The van der Waals surface area contributed by atoms with Gasteiger partial charge in [0.25, 0.3) is 0 Å². The summed E-state index contributed by atoms with van der Waals surface area (Å²) in [5, 5.41) is 2.86. The third kappa shape index (κ3) is 3.37. The lowest BCUT2D eigenvalue weighted by Gasteiger charge is -2.12. The zero-order valence-corrected chi connectivity index (χ0v) is 14.1. The van der Waals surface area contributed by atoms with Crippen LogP contribution in [0.25, 0.3) is 0 Å². The molecule has 2 nitrogen and oxygen atoms in total. The van der Waals surface area contributed by atoms with Crippen molar-refractivity contribution in [3.63, 3.8) is 0 Å². The lowest BCUT2D eigenvalue weighted by molar-refractivity contribution is -0.120. The summed E-state index contributed by atoms with van der Waals surface area (Å²) >= 11 is 12.1. The van der Waals surface area contributed by atoms with Crippen molar-refractivity contribution in [1.82, 2.24) is 0 Å². The highest BCUT2D eigenvalue weighted by Crippen LogP contribution is 2.64. The first-order valence-corrected chi connectivity index (χ1v) is 8.03. The Labute approximate surface area is 145 Å². The second-order valence-electron chi connectivity index (χ2n) is 5.86. The molecule has 0 aliphatic heterocycles. The summed E-state index contributed by atoms with van der Waals surface area (Å²) in [6, 6.07) is 17.2. The van der Waals surface area contributed by atoms with Gasteiger partial charge in [0.2, 0.25) is 5.91 Å². The van der Waals surface area contributed by atoms with Crippen LogP contribution in [-0.4, -0.2) is 10.2 Å². The van der Waals surface area contributed by atoms with Gasteiger partial charge in [-0.2, -0.15) is 0 Å². The first kappa shape index (κ1) is 15.9. The minimum Gasteiger partial charge on any atom is -0.325 e. The summed E-state index contributed by atoms with van der Waals surface area (Å²) in [4.78, 5) is 12.3. The van der Waals surface area contributed by atoms with Crippen molar-refractivity contribution in [2.75, 3.05) is 5.32 Å². The molecule has 0 spiro atoms. The molecule has 1 unspecified atom stereocenters. The van der Waals surface area contributed by atoms with Gasteiger partial charge in [-0.1, -0.05) is 36.1 Å². The molecule has 23 heavy (non-hydrogen) atoms. The van der Waals surface area contributed by atoms with E-state index in [0.29, 0.717) is 12.1 Å². The van der Waals surface area contributed by atoms with E-state index in [0.717, 1.165) is 11.1 Å². The van der Waals surface area contributed by atoms with E-state index in [2.05, 4.69) is 17.2 Å². The van der Waals surface area contributed by atoms with Crippen molar-refractivity contribution in [2.45, 2.75) is 17.7 Å². The van der Waals surface area contributed by atoms with Gasteiger partial charge in [0.1, 0.15) is 4.33 Å². The monoisotopic (exact) mass is 343 g/mol. The number of alkyl halides is 2. The Kier molecular flexibility index (Phi) is 4.10. The fraction of sp³-hybridized carbons (Fsp3) is 0.211. The Hall–Kier alpha value is -1.95. The number of benzene rings is 2. The molecule has 1 aliphatic carbocycles. The first-order chi connectivity index (χ1) is 10.9. The molecule has 2 aromatic rings. The normalized spacial score (nSPS) is 21.0. The van der Waals surface area contributed by atoms with Crippen LogP contribution in [0.2, 0.25) is 0 Å². The SMILES string of the molecule is CC1(C(=O)Nc2cccc(C#Cc3ccccc3)c2)CC1(Cl)Cl. The van der Waals surface area contributed by atoms with E-state index < -0.39 is 9.75 Å². The van der Waals surface area contributed by atoms with Crippen LogP contribution in [-0.2, 0) is 4.79 Å². The topological polar surface area (TPSA) is 29.1 Å². The van der Waals surface area contributed by atoms with Gasteiger partial charge in [-0.25, -0.2) is 0 Å². The number of anilines is 1. The first-order valence-electron chi connectivity index (χ1n) is 7.27. The molecule has 116 valence electrons. The van der Waals surface area contributed by atoms with Crippen molar-refractivity contribution >= 4 is 34.8 Å². The average Bonchev–Trinajstić information content (AvgIpc) is 3.06. The highest BCUT2D eigenvalue weighted by Gasteiger charge is 2.67.